The van der Waals surface area contributed by atoms with Crippen LogP contribution in [0.3, 0.4) is 0 Å². The maximum absolute atomic E-state index is 11.3. The molecule has 0 saturated carbocycles. The van der Waals surface area contributed by atoms with E-state index in [2.05, 4.69) is 4.90 Å². The van der Waals surface area contributed by atoms with Crippen molar-refractivity contribution in [1.29, 1.82) is 0 Å². The average Bonchev–Trinajstić information content (AvgIpc) is 2.23. The molecule has 0 N–H and O–H groups in total. The first-order chi connectivity index (χ1) is 6.77. The first kappa shape index (κ1) is 9.00. The summed E-state index contributed by atoms with van der Waals surface area (Å²) in [5.74, 6) is 0.224. The number of rotatable bonds is 1. The standard InChI is InChI=1S/C12H13NO/c1-13-8-7-11(14)9-12(13)10-5-3-2-4-6-10/h2-6,9H,7-8H2,1H3. The molecule has 72 valence electrons. The van der Waals surface area contributed by atoms with Gasteiger partial charge in [0.25, 0.3) is 0 Å². The highest BCUT2D eigenvalue weighted by Crippen LogP contribution is 2.21. The quantitative estimate of drug-likeness (QED) is 0.669. The Balaban J connectivity index is 2.37. The highest BCUT2D eigenvalue weighted by molar-refractivity contribution is 5.98. The fraction of sp³-hybridized carbons (Fsp3) is 0.250. The van der Waals surface area contributed by atoms with Crippen LogP contribution in [0.15, 0.2) is 36.4 Å². The number of carbonyl (C=O) groups is 1. The van der Waals surface area contributed by atoms with Crippen LogP contribution in [0.5, 0.6) is 0 Å². The third kappa shape index (κ3) is 1.69. The summed E-state index contributed by atoms with van der Waals surface area (Å²) in [6, 6.07) is 10.0. The number of hydrogen-bond donors (Lipinski definition) is 0. The Hall–Kier alpha value is -1.57. The van der Waals surface area contributed by atoms with Crippen molar-refractivity contribution in [2.45, 2.75) is 6.42 Å². The van der Waals surface area contributed by atoms with Gasteiger partial charge in [-0.1, -0.05) is 30.3 Å². The van der Waals surface area contributed by atoms with Crippen molar-refractivity contribution < 1.29 is 4.79 Å². The van der Waals surface area contributed by atoms with E-state index in [9.17, 15) is 4.79 Å². The van der Waals surface area contributed by atoms with Gasteiger partial charge >= 0.3 is 0 Å². The minimum Gasteiger partial charge on any atom is -0.374 e. The van der Waals surface area contributed by atoms with Crippen molar-refractivity contribution >= 4 is 11.5 Å². The van der Waals surface area contributed by atoms with Gasteiger partial charge in [0.2, 0.25) is 0 Å². The van der Waals surface area contributed by atoms with Crippen molar-refractivity contribution in [3.05, 3.63) is 42.0 Å². The molecule has 0 radical (unpaired) electrons. The van der Waals surface area contributed by atoms with Crippen molar-refractivity contribution in [2.75, 3.05) is 13.6 Å². The Bertz CT molecular complexity index is 367. The van der Waals surface area contributed by atoms with Gasteiger partial charge in [-0.2, -0.15) is 0 Å². The molecule has 2 rings (SSSR count). The smallest absolute Gasteiger partial charge is 0.159 e. The van der Waals surface area contributed by atoms with E-state index in [-0.39, 0.29) is 5.78 Å². The second-order valence-corrected chi connectivity index (χ2v) is 3.53. The normalized spacial score (nSPS) is 16.8. The third-order valence-corrected chi connectivity index (χ3v) is 2.47. The molecule has 0 atom stereocenters. The largest absolute Gasteiger partial charge is 0.374 e. The molecule has 1 aromatic carbocycles. The van der Waals surface area contributed by atoms with Crippen LogP contribution < -0.4 is 0 Å². The van der Waals surface area contributed by atoms with E-state index in [4.69, 9.17) is 0 Å². The molecule has 0 aliphatic carbocycles. The topological polar surface area (TPSA) is 20.3 Å². The van der Waals surface area contributed by atoms with E-state index < -0.39 is 0 Å². The van der Waals surface area contributed by atoms with Crippen LogP contribution in [0.25, 0.3) is 5.70 Å². The van der Waals surface area contributed by atoms with Crippen molar-refractivity contribution in [3.8, 4) is 0 Å². The lowest BCUT2D eigenvalue weighted by Crippen LogP contribution is -2.25. The Labute approximate surface area is 83.8 Å². The van der Waals surface area contributed by atoms with Gasteiger partial charge in [-0.3, -0.25) is 4.79 Å². The molecule has 0 spiro atoms. The van der Waals surface area contributed by atoms with E-state index >= 15 is 0 Å². The number of carbonyl (C=O) groups excluding carboxylic acids is 1. The summed E-state index contributed by atoms with van der Waals surface area (Å²) in [6.07, 6.45) is 2.37. The summed E-state index contributed by atoms with van der Waals surface area (Å²) in [5, 5.41) is 0. The highest BCUT2D eigenvalue weighted by atomic mass is 16.1. The fourth-order valence-electron chi connectivity index (χ4n) is 1.65. The summed E-state index contributed by atoms with van der Waals surface area (Å²) in [6.45, 7) is 0.819. The second kappa shape index (κ2) is 3.66. The molecule has 0 unspecified atom stereocenters. The maximum atomic E-state index is 11.3. The zero-order valence-corrected chi connectivity index (χ0v) is 8.23. The summed E-state index contributed by atoms with van der Waals surface area (Å²) in [4.78, 5) is 13.4. The molecular formula is C12H13NO. The predicted molar refractivity (Wildman–Crippen MR) is 56.7 cm³/mol. The van der Waals surface area contributed by atoms with E-state index in [1.165, 1.54) is 0 Å². The minimum atomic E-state index is 0.224. The zero-order valence-electron chi connectivity index (χ0n) is 8.23. The molecule has 0 saturated heterocycles. The van der Waals surface area contributed by atoms with E-state index in [0.717, 1.165) is 17.8 Å². The summed E-state index contributed by atoms with van der Waals surface area (Å²) >= 11 is 0. The van der Waals surface area contributed by atoms with Gasteiger partial charge in [-0.05, 0) is 5.56 Å². The monoisotopic (exact) mass is 187 g/mol. The Morgan fingerprint density at radius 1 is 1.21 bits per heavy atom. The van der Waals surface area contributed by atoms with Crippen LogP contribution in [0.1, 0.15) is 12.0 Å². The lowest BCUT2D eigenvalue weighted by Gasteiger charge is -2.25. The van der Waals surface area contributed by atoms with Gasteiger partial charge in [0.05, 0.1) is 0 Å². The molecule has 0 fully saturated rings. The number of hydrogen-bond acceptors (Lipinski definition) is 2. The van der Waals surface area contributed by atoms with Gasteiger partial charge in [-0.25, -0.2) is 0 Å². The summed E-state index contributed by atoms with van der Waals surface area (Å²) in [5.41, 5.74) is 2.14. The van der Waals surface area contributed by atoms with Gasteiger partial charge in [0.15, 0.2) is 5.78 Å². The van der Waals surface area contributed by atoms with Crippen molar-refractivity contribution in [1.82, 2.24) is 4.90 Å². The van der Waals surface area contributed by atoms with Crippen LogP contribution in [0.4, 0.5) is 0 Å². The average molecular weight is 187 g/mol. The van der Waals surface area contributed by atoms with Gasteiger partial charge < -0.3 is 4.90 Å². The van der Waals surface area contributed by atoms with Gasteiger partial charge in [-0.15, -0.1) is 0 Å². The lowest BCUT2D eigenvalue weighted by atomic mass is 10.1. The molecular weight excluding hydrogens is 174 g/mol. The Morgan fingerprint density at radius 2 is 1.93 bits per heavy atom. The van der Waals surface area contributed by atoms with Crippen LogP contribution in [0.2, 0.25) is 0 Å². The van der Waals surface area contributed by atoms with E-state index in [0.29, 0.717) is 6.42 Å². The highest BCUT2D eigenvalue weighted by Gasteiger charge is 2.15. The molecule has 1 aromatic rings. The molecule has 2 nitrogen and oxygen atoms in total. The van der Waals surface area contributed by atoms with Crippen molar-refractivity contribution in [3.63, 3.8) is 0 Å². The SMILES string of the molecule is CN1CCC(=O)C=C1c1ccccc1. The Morgan fingerprint density at radius 3 is 2.64 bits per heavy atom. The minimum absolute atomic E-state index is 0.224. The number of benzene rings is 1. The van der Waals surface area contributed by atoms with Crippen molar-refractivity contribution in [2.24, 2.45) is 0 Å². The predicted octanol–water partition coefficient (Wildman–Crippen LogP) is 1.93. The molecule has 0 aromatic heterocycles. The molecule has 1 heterocycles. The molecule has 14 heavy (non-hydrogen) atoms. The Kier molecular flexibility index (Phi) is 2.35. The molecule has 0 bridgehead atoms. The summed E-state index contributed by atoms with van der Waals surface area (Å²) < 4.78 is 0. The second-order valence-electron chi connectivity index (χ2n) is 3.53. The third-order valence-electron chi connectivity index (χ3n) is 2.47. The van der Waals surface area contributed by atoms with Crippen LogP contribution in [-0.4, -0.2) is 24.3 Å². The van der Waals surface area contributed by atoms with Gasteiger partial charge in [0, 0.05) is 31.8 Å². The maximum Gasteiger partial charge on any atom is 0.159 e. The first-order valence-corrected chi connectivity index (χ1v) is 4.78. The molecule has 1 aliphatic rings. The lowest BCUT2D eigenvalue weighted by molar-refractivity contribution is -0.115. The van der Waals surface area contributed by atoms with Crippen LogP contribution in [-0.2, 0) is 4.79 Å². The molecule has 1 aliphatic heterocycles. The number of nitrogens with zero attached hydrogens (tertiary/aromatic N) is 1. The number of ketones is 1. The first-order valence-electron chi connectivity index (χ1n) is 4.78. The zero-order chi connectivity index (χ0) is 9.97. The van der Waals surface area contributed by atoms with E-state index in [1.807, 2.05) is 37.4 Å². The molecule has 0 amide bonds. The van der Waals surface area contributed by atoms with E-state index in [1.54, 1.807) is 6.08 Å². The molecule has 2 heteroatoms. The van der Waals surface area contributed by atoms with Gasteiger partial charge in [0.1, 0.15) is 0 Å². The van der Waals surface area contributed by atoms with Crippen LogP contribution in [0, 0.1) is 0 Å². The fourth-order valence-corrected chi connectivity index (χ4v) is 1.65. The number of allylic oxidation sites excluding steroid dienone is 1. The summed E-state index contributed by atoms with van der Waals surface area (Å²) in [7, 11) is 2.02. The van der Waals surface area contributed by atoms with Crippen LogP contribution >= 0.6 is 0 Å².